The highest BCUT2D eigenvalue weighted by Gasteiger charge is 2.02. The van der Waals surface area contributed by atoms with Crippen molar-refractivity contribution in [3.63, 3.8) is 0 Å². The van der Waals surface area contributed by atoms with E-state index in [2.05, 4.69) is 10.3 Å². The van der Waals surface area contributed by atoms with Crippen molar-refractivity contribution < 1.29 is 0 Å². The van der Waals surface area contributed by atoms with E-state index < -0.39 is 0 Å². The third-order valence-corrected chi connectivity index (χ3v) is 2.50. The van der Waals surface area contributed by atoms with E-state index in [1.54, 1.807) is 24.4 Å². The monoisotopic (exact) mass is 233 g/mol. The van der Waals surface area contributed by atoms with Crippen LogP contribution in [0.15, 0.2) is 36.5 Å². The van der Waals surface area contributed by atoms with Gasteiger partial charge in [-0.1, -0.05) is 11.6 Å². The molecule has 0 amide bonds. The van der Waals surface area contributed by atoms with Gasteiger partial charge in [-0.3, -0.25) is 0 Å². The lowest BCUT2D eigenvalue weighted by Gasteiger charge is -2.08. The van der Waals surface area contributed by atoms with Crippen LogP contribution in [0.25, 0.3) is 0 Å². The first-order valence-electron chi connectivity index (χ1n) is 4.90. The summed E-state index contributed by atoms with van der Waals surface area (Å²) in [5, 5.41) is 3.75. The maximum absolute atomic E-state index is 6.04. The molecule has 3 nitrogen and oxygen atoms in total. The molecular formula is C12H12ClN3. The Morgan fingerprint density at radius 1 is 1.25 bits per heavy atom. The van der Waals surface area contributed by atoms with Crippen LogP contribution in [0.4, 0.5) is 17.2 Å². The van der Waals surface area contributed by atoms with Gasteiger partial charge in [0.05, 0.1) is 10.7 Å². The van der Waals surface area contributed by atoms with E-state index >= 15 is 0 Å². The Morgan fingerprint density at radius 3 is 2.81 bits per heavy atom. The van der Waals surface area contributed by atoms with Gasteiger partial charge >= 0.3 is 0 Å². The van der Waals surface area contributed by atoms with Crippen LogP contribution >= 0.6 is 11.6 Å². The Balaban J connectivity index is 2.30. The molecule has 1 aromatic carbocycles. The molecule has 0 saturated heterocycles. The van der Waals surface area contributed by atoms with Gasteiger partial charge < -0.3 is 11.1 Å². The number of nitrogens with one attached hydrogen (secondary N) is 1. The van der Waals surface area contributed by atoms with Crippen molar-refractivity contribution in [3.8, 4) is 0 Å². The van der Waals surface area contributed by atoms with Gasteiger partial charge in [-0.15, -0.1) is 0 Å². The fraction of sp³-hybridized carbons (Fsp3) is 0.0833. The van der Waals surface area contributed by atoms with E-state index in [1.807, 2.05) is 19.1 Å². The SMILES string of the molecule is Cc1ccnc(Nc2cc(N)ccc2Cl)c1. The lowest BCUT2D eigenvalue weighted by Crippen LogP contribution is -1.95. The molecule has 1 aromatic heterocycles. The highest BCUT2D eigenvalue weighted by molar-refractivity contribution is 6.33. The summed E-state index contributed by atoms with van der Waals surface area (Å²) in [6.07, 6.45) is 1.75. The Labute approximate surface area is 99.3 Å². The van der Waals surface area contributed by atoms with Crippen LogP contribution in [0, 0.1) is 6.92 Å². The van der Waals surface area contributed by atoms with Crippen molar-refractivity contribution in [1.29, 1.82) is 0 Å². The maximum Gasteiger partial charge on any atom is 0.130 e. The summed E-state index contributed by atoms with van der Waals surface area (Å²) in [5.41, 5.74) is 8.26. The van der Waals surface area contributed by atoms with Gasteiger partial charge in [-0.25, -0.2) is 4.98 Å². The van der Waals surface area contributed by atoms with Crippen molar-refractivity contribution in [2.75, 3.05) is 11.1 Å². The predicted octanol–water partition coefficient (Wildman–Crippen LogP) is 3.37. The molecule has 0 aliphatic heterocycles. The molecule has 0 aliphatic rings. The second-order valence-electron chi connectivity index (χ2n) is 3.58. The summed E-state index contributed by atoms with van der Waals surface area (Å²) < 4.78 is 0. The minimum absolute atomic E-state index is 0.623. The first-order chi connectivity index (χ1) is 7.65. The van der Waals surface area contributed by atoms with E-state index in [0.29, 0.717) is 10.7 Å². The first-order valence-corrected chi connectivity index (χ1v) is 5.27. The van der Waals surface area contributed by atoms with Crippen molar-refractivity contribution in [2.45, 2.75) is 6.92 Å². The number of rotatable bonds is 2. The zero-order valence-electron chi connectivity index (χ0n) is 8.87. The van der Waals surface area contributed by atoms with Gasteiger partial charge in [0.2, 0.25) is 0 Å². The Morgan fingerprint density at radius 2 is 2.06 bits per heavy atom. The summed E-state index contributed by atoms with van der Waals surface area (Å²) in [4.78, 5) is 4.20. The van der Waals surface area contributed by atoms with Gasteiger partial charge in [0.25, 0.3) is 0 Å². The fourth-order valence-corrected chi connectivity index (χ4v) is 1.55. The van der Waals surface area contributed by atoms with Crippen LogP contribution in [-0.4, -0.2) is 4.98 Å². The van der Waals surface area contributed by atoms with Crippen molar-refractivity contribution in [2.24, 2.45) is 0 Å². The number of halogens is 1. The summed E-state index contributed by atoms with van der Waals surface area (Å²) in [7, 11) is 0. The molecule has 0 unspecified atom stereocenters. The van der Waals surface area contributed by atoms with E-state index in [4.69, 9.17) is 17.3 Å². The maximum atomic E-state index is 6.04. The van der Waals surface area contributed by atoms with Gasteiger partial charge in [-0.05, 0) is 42.8 Å². The van der Waals surface area contributed by atoms with E-state index in [9.17, 15) is 0 Å². The van der Waals surface area contributed by atoms with Crippen LogP contribution in [0.5, 0.6) is 0 Å². The number of hydrogen-bond acceptors (Lipinski definition) is 3. The lowest BCUT2D eigenvalue weighted by molar-refractivity contribution is 1.27. The molecule has 0 fully saturated rings. The third kappa shape index (κ3) is 2.44. The molecule has 0 bridgehead atoms. The van der Waals surface area contributed by atoms with Crippen molar-refractivity contribution in [1.82, 2.24) is 4.98 Å². The zero-order valence-corrected chi connectivity index (χ0v) is 9.62. The molecular weight excluding hydrogens is 222 g/mol. The average molecular weight is 234 g/mol. The lowest BCUT2D eigenvalue weighted by atomic mass is 10.2. The van der Waals surface area contributed by atoms with Gasteiger partial charge in [0, 0.05) is 11.9 Å². The molecule has 0 radical (unpaired) electrons. The summed E-state index contributed by atoms with van der Waals surface area (Å²) in [6, 6.07) is 9.18. The highest BCUT2D eigenvalue weighted by Crippen LogP contribution is 2.26. The smallest absolute Gasteiger partial charge is 0.130 e. The number of aromatic nitrogens is 1. The molecule has 0 spiro atoms. The Bertz CT molecular complexity index is 511. The number of nitrogens with two attached hydrogens (primary N) is 1. The highest BCUT2D eigenvalue weighted by atomic mass is 35.5. The van der Waals surface area contributed by atoms with Crippen molar-refractivity contribution in [3.05, 3.63) is 47.1 Å². The second kappa shape index (κ2) is 4.41. The largest absolute Gasteiger partial charge is 0.399 e. The topological polar surface area (TPSA) is 50.9 Å². The van der Waals surface area contributed by atoms with E-state index in [-0.39, 0.29) is 0 Å². The number of hydrogen-bond donors (Lipinski definition) is 2. The first kappa shape index (κ1) is 10.8. The van der Waals surface area contributed by atoms with Crippen molar-refractivity contribution >= 4 is 28.8 Å². The van der Waals surface area contributed by atoms with Crippen LogP contribution < -0.4 is 11.1 Å². The second-order valence-corrected chi connectivity index (χ2v) is 3.99. The van der Waals surface area contributed by atoms with Crippen LogP contribution in [-0.2, 0) is 0 Å². The van der Waals surface area contributed by atoms with Gasteiger partial charge in [0.15, 0.2) is 0 Å². The quantitative estimate of drug-likeness (QED) is 0.782. The zero-order chi connectivity index (χ0) is 11.5. The number of nitrogen functional groups attached to an aromatic ring is 1. The Kier molecular flexibility index (Phi) is 2.97. The van der Waals surface area contributed by atoms with Crippen LogP contribution in [0.1, 0.15) is 5.56 Å². The van der Waals surface area contributed by atoms with E-state index in [0.717, 1.165) is 17.1 Å². The summed E-state index contributed by atoms with van der Waals surface area (Å²) in [6.45, 7) is 2.01. The van der Waals surface area contributed by atoms with E-state index in [1.165, 1.54) is 0 Å². The number of nitrogens with zero attached hydrogens (tertiary/aromatic N) is 1. The number of pyridine rings is 1. The molecule has 2 aromatic rings. The number of aryl methyl sites for hydroxylation is 1. The molecule has 3 N–H and O–H groups in total. The normalized spacial score (nSPS) is 10.1. The Hall–Kier alpha value is -1.74. The minimum Gasteiger partial charge on any atom is -0.399 e. The van der Waals surface area contributed by atoms with Crippen LogP contribution in [0.3, 0.4) is 0 Å². The van der Waals surface area contributed by atoms with Crippen LogP contribution in [0.2, 0.25) is 5.02 Å². The molecule has 0 saturated carbocycles. The number of anilines is 3. The minimum atomic E-state index is 0.623. The molecule has 4 heteroatoms. The summed E-state index contributed by atoms with van der Waals surface area (Å²) in [5.74, 6) is 0.757. The standard InChI is InChI=1S/C12H12ClN3/c1-8-4-5-15-12(6-8)16-11-7-9(14)2-3-10(11)13/h2-7H,14H2,1H3,(H,15,16). The molecule has 82 valence electrons. The molecule has 16 heavy (non-hydrogen) atoms. The molecule has 0 aliphatic carbocycles. The molecule has 1 heterocycles. The van der Waals surface area contributed by atoms with Gasteiger partial charge in [-0.2, -0.15) is 0 Å². The summed E-state index contributed by atoms with van der Waals surface area (Å²) >= 11 is 6.04. The fourth-order valence-electron chi connectivity index (χ4n) is 1.38. The van der Waals surface area contributed by atoms with Gasteiger partial charge in [0.1, 0.15) is 5.82 Å². The third-order valence-electron chi connectivity index (χ3n) is 2.17. The molecule has 0 atom stereocenters. The molecule has 2 rings (SSSR count). The number of benzene rings is 1. The average Bonchev–Trinajstić information content (AvgIpc) is 2.24. The predicted molar refractivity (Wildman–Crippen MR) is 68.1 cm³/mol.